The lowest BCUT2D eigenvalue weighted by Crippen LogP contribution is -2.07. The highest BCUT2D eigenvalue weighted by molar-refractivity contribution is 7.90. The van der Waals surface area contributed by atoms with Crippen LogP contribution in [0.1, 0.15) is 5.69 Å². The van der Waals surface area contributed by atoms with Crippen molar-refractivity contribution in [2.45, 2.75) is 11.4 Å². The van der Waals surface area contributed by atoms with Crippen LogP contribution in [-0.4, -0.2) is 26.7 Å². The molecule has 0 saturated heterocycles. The normalized spacial score (nSPS) is 11.4. The fraction of sp³-hybridized carbons (Fsp3) is 0.214. The summed E-state index contributed by atoms with van der Waals surface area (Å²) in [6.45, 7) is 0.531. The molecular formula is C14H15ClN2O3S. The van der Waals surface area contributed by atoms with Crippen molar-refractivity contribution in [1.29, 1.82) is 0 Å². The molecule has 2 rings (SSSR count). The number of hydrogen-bond donors (Lipinski definition) is 1. The second kappa shape index (κ2) is 6.43. The molecule has 1 N–H and O–H groups in total. The summed E-state index contributed by atoms with van der Waals surface area (Å²) in [6.07, 6.45) is 1.16. The molecule has 0 spiro atoms. The lowest BCUT2D eigenvalue weighted by Gasteiger charge is -2.08. The van der Waals surface area contributed by atoms with E-state index < -0.39 is 9.84 Å². The van der Waals surface area contributed by atoms with Gasteiger partial charge in [0, 0.05) is 18.9 Å². The standard InChI is InChI=1S/C14H15ClN2O3S/c1-16-9-13-12(15)7-8-14(17-13)20-10-3-5-11(6-4-10)21(2,18)19/h3-8,16H,9H2,1-2H3. The van der Waals surface area contributed by atoms with Gasteiger partial charge in [0.15, 0.2) is 9.84 Å². The van der Waals surface area contributed by atoms with Crippen molar-refractivity contribution in [2.24, 2.45) is 0 Å². The molecule has 21 heavy (non-hydrogen) atoms. The monoisotopic (exact) mass is 326 g/mol. The van der Waals surface area contributed by atoms with E-state index in [1.54, 1.807) is 31.3 Å². The minimum atomic E-state index is -3.21. The zero-order chi connectivity index (χ0) is 15.5. The van der Waals surface area contributed by atoms with Crippen LogP contribution in [0.5, 0.6) is 11.6 Å². The third-order valence-electron chi connectivity index (χ3n) is 2.71. The molecule has 0 radical (unpaired) electrons. The lowest BCUT2D eigenvalue weighted by molar-refractivity contribution is 0.459. The quantitative estimate of drug-likeness (QED) is 0.914. The van der Waals surface area contributed by atoms with E-state index in [9.17, 15) is 8.42 Å². The van der Waals surface area contributed by atoms with Crippen molar-refractivity contribution in [2.75, 3.05) is 13.3 Å². The van der Waals surface area contributed by atoms with Gasteiger partial charge in [-0.15, -0.1) is 0 Å². The van der Waals surface area contributed by atoms with Gasteiger partial charge < -0.3 is 10.1 Å². The Morgan fingerprint density at radius 3 is 2.43 bits per heavy atom. The fourth-order valence-corrected chi connectivity index (χ4v) is 2.49. The van der Waals surface area contributed by atoms with Gasteiger partial charge >= 0.3 is 0 Å². The molecule has 0 aliphatic heterocycles. The molecule has 1 heterocycles. The van der Waals surface area contributed by atoms with E-state index in [1.807, 2.05) is 0 Å². The Bertz CT molecular complexity index is 730. The molecule has 112 valence electrons. The number of nitrogens with one attached hydrogen (secondary N) is 1. The van der Waals surface area contributed by atoms with Gasteiger partial charge in [0.25, 0.3) is 0 Å². The summed E-state index contributed by atoms with van der Waals surface area (Å²) in [7, 11) is -1.41. The van der Waals surface area contributed by atoms with Gasteiger partial charge in [-0.2, -0.15) is 0 Å². The number of nitrogens with zero attached hydrogens (tertiary/aromatic N) is 1. The first-order valence-corrected chi connectivity index (χ1v) is 8.45. The van der Waals surface area contributed by atoms with Crippen molar-refractivity contribution in [3.05, 3.63) is 47.1 Å². The van der Waals surface area contributed by atoms with E-state index in [2.05, 4.69) is 10.3 Å². The van der Waals surface area contributed by atoms with Gasteiger partial charge in [0.2, 0.25) is 5.88 Å². The summed E-state index contributed by atoms with van der Waals surface area (Å²) in [5, 5.41) is 3.53. The molecule has 1 aromatic carbocycles. The molecule has 0 aliphatic rings. The van der Waals surface area contributed by atoms with E-state index in [1.165, 1.54) is 12.1 Å². The molecule has 0 atom stereocenters. The number of hydrogen-bond acceptors (Lipinski definition) is 5. The first-order valence-electron chi connectivity index (χ1n) is 6.18. The van der Waals surface area contributed by atoms with E-state index >= 15 is 0 Å². The third kappa shape index (κ3) is 4.17. The lowest BCUT2D eigenvalue weighted by atomic mass is 10.3. The Labute approximate surface area is 128 Å². The van der Waals surface area contributed by atoms with E-state index in [0.717, 1.165) is 6.26 Å². The predicted molar refractivity (Wildman–Crippen MR) is 81.6 cm³/mol. The highest BCUT2D eigenvalue weighted by Crippen LogP contribution is 2.24. The number of aromatic nitrogens is 1. The number of sulfone groups is 1. The van der Waals surface area contributed by atoms with Gasteiger partial charge in [0.1, 0.15) is 5.75 Å². The van der Waals surface area contributed by atoms with E-state index in [0.29, 0.717) is 28.9 Å². The minimum Gasteiger partial charge on any atom is -0.439 e. The summed E-state index contributed by atoms with van der Waals surface area (Å²) >= 11 is 6.02. The number of benzene rings is 1. The molecule has 0 amide bonds. The van der Waals surface area contributed by atoms with Crippen molar-refractivity contribution >= 4 is 21.4 Å². The number of pyridine rings is 1. The van der Waals surface area contributed by atoms with Crippen LogP contribution in [0.15, 0.2) is 41.3 Å². The predicted octanol–water partition coefficient (Wildman–Crippen LogP) is 2.65. The molecule has 7 heteroatoms. The Morgan fingerprint density at radius 1 is 1.19 bits per heavy atom. The average Bonchev–Trinajstić information content (AvgIpc) is 2.42. The molecule has 0 aliphatic carbocycles. The molecule has 0 bridgehead atoms. The third-order valence-corrected chi connectivity index (χ3v) is 4.18. The largest absolute Gasteiger partial charge is 0.439 e. The zero-order valence-corrected chi connectivity index (χ0v) is 13.2. The van der Waals surface area contributed by atoms with Crippen molar-refractivity contribution in [3.8, 4) is 11.6 Å². The maximum Gasteiger partial charge on any atom is 0.219 e. The van der Waals surface area contributed by atoms with Gasteiger partial charge in [-0.05, 0) is 37.4 Å². The van der Waals surface area contributed by atoms with Crippen LogP contribution in [0.2, 0.25) is 5.02 Å². The van der Waals surface area contributed by atoms with Gasteiger partial charge in [-0.1, -0.05) is 11.6 Å². The van der Waals surface area contributed by atoms with Crippen LogP contribution in [0.25, 0.3) is 0 Å². The molecule has 0 unspecified atom stereocenters. The first-order chi connectivity index (χ1) is 9.90. The van der Waals surface area contributed by atoms with Gasteiger partial charge in [-0.25, -0.2) is 13.4 Å². The van der Waals surface area contributed by atoms with Crippen molar-refractivity contribution in [1.82, 2.24) is 10.3 Å². The zero-order valence-electron chi connectivity index (χ0n) is 11.6. The maximum atomic E-state index is 11.4. The van der Waals surface area contributed by atoms with Crippen molar-refractivity contribution in [3.63, 3.8) is 0 Å². The molecule has 2 aromatic rings. The number of halogens is 1. The number of rotatable bonds is 5. The Balaban J connectivity index is 2.20. The van der Waals surface area contributed by atoms with Gasteiger partial charge in [-0.3, -0.25) is 0 Å². The number of ether oxygens (including phenoxy) is 1. The first kappa shape index (κ1) is 15.8. The second-order valence-electron chi connectivity index (χ2n) is 4.45. The van der Waals surface area contributed by atoms with Crippen LogP contribution in [-0.2, 0) is 16.4 Å². The smallest absolute Gasteiger partial charge is 0.219 e. The topological polar surface area (TPSA) is 68.3 Å². The average molecular weight is 327 g/mol. The Morgan fingerprint density at radius 2 is 1.86 bits per heavy atom. The maximum absolute atomic E-state index is 11.4. The fourth-order valence-electron chi connectivity index (χ4n) is 1.69. The van der Waals surface area contributed by atoms with Crippen LogP contribution >= 0.6 is 11.6 Å². The second-order valence-corrected chi connectivity index (χ2v) is 6.88. The summed E-state index contributed by atoms with van der Waals surface area (Å²) < 4.78 is 28.4. The van der Waals surface area contributed by atoms with Crippen LogP contribution in [0, 0.1) is 0 Å². The highest BCUT2D eigenvalue weighted by atomic mass is 35.5. The minimum absolute atomic E-state index is 0.245. The van der Waals surface area contributed by atoms with Gasteiger partial charge in [0.05, 0.1) is 15.6 Å². The summed E-state index contributed by atoms with van der Waals surface area (Å²) in [6, 6.07) is 9.53. The van der Waals surface area contributed by atoms with Crippen LogP contribution in [0.4, 0.5) is 0 Å². The molecule has 5 nitrogen and oxygen atoms in total. The molecule has 1 aromatic heterocycles. The van der Waals surface area contributed by atoms with E-state index in [-0.39, 0.29) is 4.90 Å². The van der Waals surface area contributed by atoms with E-state index in [4.69, 9.17) is 16.3 Å². The Hall–Kier alpha value is -1.63. The summed E-state index contributed by atoms with van der Waals surface area (Å²) in [4.78, 5) is 4.54. The molecular weight excluding hydrogens is 312 g/mol. The summed E-state index contributed by atoms with van der Waals surface area (Å²) in [5.74, 6) is 0.907. The van der Waals surface area contributed by atoms with Crippen LogP contribution < -0.4 is 10.1 Å². The molecule has 0 saturated carbocycles. The highest BCUT2D eigenvalue weighted by Gasteiger charge is 2.08. The molecule has 0 fully saturated rings. The van der Waals surface area contributed by atoms with Crippen molar-refractivity contribution < 1.29 is 13.2 Å². The summed E-state index contributed by atoms with van der Waals surface area (Å²) in [5.41, 5.74) is 0.685. The Kier molecular flexibility index (Phi) is 4.82. The van der Waals surface area contributed by atoms with Crippen LogP contribution in [0.3, 0.4) is 0 Å². The SMILES string of the molecule is CNCc1nc(Oc2ccc(S(C)(=O)=O)cc2)ccc1Cl.